The van der Waals surface area contributed by atoms with Gasteiger partial charge in [-0.05, 0) is 67.4 Å². The summed E-state index contributed by atoms with van der Waals surface area (Å²) in [5, 5.41) is 10.8. The molecule has 2 aromatic carbocycles. The number of benzene rings is 2. The van der Waals surface area contributed by atoms with Crippen LogP contribution in [0, 0.1) is 5.82 Å². The van der Waals surface area contributed by atoms with Gasteiger partial charge in [-0.25, -0.2) is 12.8 Å². The molecule has 0 spiro atoms. The van der Waals surface area contributed by atoms with Crippen molar-refractivity contribution >= 4 is 15.9 Å². The summed E-state index contributed by atoms with van der Waals surface area (Å²) in [6.45, 7) is 1.47. The zero-order valence-corrected chi connectivity index (χ0v) is 19.3. The fourth-order valence-electron chi connectivity index (χ4n) is 3.63. The number of aromatic nitrogens is 2. The molecule has 0 aliphatic carbocycles. The average Bonchev–Trinajstić information content (AvgIpc) is 2.88. The van der Waals surface area contributed by atoms with Gasteiger partial charge in [-0.15, -0.1) is 10.2 Å². The maximum atomic E-state index is 13.0. The topological polar surface area (TPSA) is 101 Å². The van der Waals surface area contributed by atoms with Crippen molar-refractivity contribution in [1.29, 1.82) is 0 Å². The van der Waals surface area contributed by atoms with E-state index in [0.29, 0.717) is 30.2 Å². The van der Waals surface area contributed by atoms with E-state index in [4.69, 9.17) is 4.74 Å². The zero-order valence-electron chi connectivity index (χ0n) is 18.5. The van der Waals surface area contributed by atoms with Gasteiger partial charge in [0.25, 0.3) is 5.91 Å². The van der Waals surface area contributed by atoms with Crippen LogP contribution in [0.1, 0.15) is 29.6 Å². The van der Waals surface area contributed by atoms with Gasteiger partial charge in [-0.1, -0.05) is 6.42 Å². The minimum atomic E-state index is -3.53. The van der Waals surface area contributed by atoms with E-state index in [-0.39, 0.29) is 29.8 Å². The Balaban J connectivity index is 1.25. The van der Waals surface area contributed by atoms with Crippen LogP contribution in [0.3, 0.4) is 0 Å². The number of nitrogens with one attached hydrogen (secondary N) is 1. The Morgan fingerprint density at radius 3 is 2.29 bits per heavy atom. The summed E-state index contributed by atoms with van der Waals surface area (Å²) in [5.74, 6) is -0.354. The number of hydrogen-bond donors (Lipinski definition) is 1. The largest absolute Gasteiger partial charge is 0.475 e. The van der Waals surface area contributed by atoms with Gasteiger partial charge in [0.1, 0.15) is 12.4 Å². The summed E-state index contributed by atoms with van der Waals surface area (Å²) in [4.78, 5) is 12.6. The van der Waals surface area contributed by atoms with Gasteiger partial charge in [0.05, 0.1) is 17.1 Å². The van der Waals surface area contributed by atoms with E-state index >= 15 is 0 Å². The number of amides is 1. The molecule has 2 heterocycles. The summed E-state index contributed by atoms with van der Waals surface area (Å²) in [6.07, 6.45) is 2.78. The Morgan fingerprint density at radius 1 is 0.941 bits per heavy atom. The highest BCUT2D eigenvalue weighted by Gasteiger charge is 2.25. The van der Waals surface area contributed by atoms with Crippen LogP contribution in [-0.2, 0) is 10.0 Å². The first-order valence-electron chi connectivity index (χ1n) is 11.0. The van der Waals surface area contributed by atoms with Crippen molar-refractivity contribution in [3.63, 3.8) is 0 Å². The number of carbonyl (C=O) groups is 1. The van der Waals surface area contributed by atoms with Crippen molar-refractivity contribution in [2.75, 3.05) is 26.2 Å². The number of hydrogen-bond acceptors (Lipinski definition) is 6. The second-order valence-corrected chi connectivity index (χ2v) is 9.80. The molecule has 10 heteroatoms. The lowest BCUT2D eigenvalue weighted by Crippen LogP contribution is -2.35. The van der Waals surface area contributed by atoms with Crippen LogP contribution < -0.4 is 10.1 Å². The molecule has 178 valence electrons. The highest BCUT2D eigenvalue weighted by atomic mass is 32.2. The van der Waals surface area contributed by atoms with Gasteiger partial charge in [-0.2, -0.15) is 4.31 Å². The molecule has 1 fully saturated rings. The summed E-state index contributed by atoms with van der Waals surface area (Å²) in [5.41, 5.74) is 1.69. The quantitative estimate of drug-likeness (QED) is 0.493. The monoisotopic (exact) mass is 484 g/mol. The summed E-state index contributed by atoms with van der Waals surface area (Å²) in [6, 6.07) is 15.2. The first-order chi connectivity index (χ1) is 16.4. The average molecular weight is 485 g/mol. The molecule has 8 nitrogen and oxygen atoms in total. The number of sulfonamides is 1. The van der Waals surface area contributed by atoms with Crippen LogP contribution in [0.2, 0.25) is 0 Å². The van der Waals surface area contributed by atoms with E-state index in [9.17, 15) is 17.6 Å². The first-order valence-corrected chi connectivity index (χ1v) is 12.5. The lowest BCUT2D eigenvalue weighted by atomic mass is 10.1. The van der Waals surface area contributed by atoms with Crippen molar-refractivity contribution in [2.45, 2.75) is 24.2 Å². The molecule has 1 aliphatic heterocycles. The van der Waals surface area contributed by atoms with Crippen LogP contribution in [0.25, 0.3) is 11.3 Å². The Bertz CT molecular complexity index is 1210. The van der Waals surface area contributed by atoms with Crippen LogP contribution in [0.4, 0.5) is 4.39 Å². The van der Waals surface area contributed by atoms with Crippen molar-refractivity contribution < 1.29 is 22.3 Å². The maximum Gasteiger partial charge on any atom is 0.251 e. The Kier molecular flexibility index (Phi) is 7.49. The van der Waals surface area contributed by atoms with Gasteiger partial charge in [0.15, 0.2) is 0 Å². The Labute approximate surface area is 197 Å². The Hall–Kier alpha value is -3.37. The van der Waals surface area contributed by atoms with E-state index in [1.807, 2.05) is 0 Å². The molecule has 1 aliphatic rings. The van der Waals surface area contributed by atoms with E-state index < -0.39 is 10.0 Å². The van der Waals surface area contributed by atoms with E-state index in [1.54, 1.807) is 24.3 Å². The van der Waals surface area contributed by atoms with Gasteiger partial charge in [0, 0.05) is 30.3 Å². The van der Waals surface area contributed by atoms with Gasteiger partial charge >= 0.3 is 0 Å². The summed E-state index contributed by atoms with van der Waals surface area (Å²) < 4.78 is 45.4. The predicted octanol–water partition coefficient (Wildman–Crippen LogP) is 3.27. The molecule has 1 saturated heterocycles. The number of halogens is 1. The molecule has 34 heavy (non-hydrogen) atoms. The highest BCUT2D eigenvalue weighted by Crippen LogP contribution is 2.21. The zero-order chi connectivity index (χ0) is 24.0. The highest BCUT2D eigenvalue weighted by molar-refractivity contribution is 7.89. The van der Waals surface area contributed by atoms with Crippen molar-refractivity contribution in [2.24, 2.45) is 0 Å². The molecule has 0 saturated carbocycles. The van der Waals surface area contributed by atoms with Crippen molar-refractivity contribution in [1.82, 2.24) is 19.8 Å². The standard InChI is InChI=1S/C24H25FN4O4S/c25-20-8-4-18(5-9-20)22-12-13-23(28-27-22)33-17-14-26-24(30)19-6-10-21(11-7-19)34(31,32)29-15-2-1-3-16-29/h4-13H,1-3,14-17H2,(H,26,30). The van der Waals surface area contributed by atoms with Crippen LogP contribution in [-0.4, -0.2) is 55.1 Å². The minimum Gasteiger partial charge on any atom is -0.475 e. The molecular weight excluding hydrogens is 459 g/mol. The SMILES string of the molecule is O=C(NCCOc1ccc(-c2ccc(F)cc2)nn1)c1ccc(S(=O)(=O)N2CCCCC2)cc1. The molecule has 0 radical (unpaired) electrons. The number of rotatable bonds is 8. The number of nitrogens with zero attached hydrogens (tertiary/aromatic N) is 3. The molecule has 1 aromatic heterocycles. The maximum absolute atomic E-state index is 13.0. The lowest BCUT2D eigenvalue weighted by molar-refractivity contribution is 0.0946. The second-order valence-electron chi connectivity index (χ2n) is 7.86. The lowest BCUT2D eigenvalue weighted by Gasteiger charge is -2.25. The molecule has 4 rings (SSSR count). The fourth-order valence-corrected chi connectivity index (χ4v) is 5.14. The number of carbonyl (C=O) groups excluding carboxylic acids is 1. The normalized spacial score (nSPS) is 14.5. The minimum absolute atomic E-state index is 0.178. The first kappa shape index (κ1) is 23.8. The van der Waals surface area contributed by atoms with Gasteiger partial charge in [0.2, 0.25) is 15.9 Å². The van der Waals surface area contributed by atoms with E-state index in [0.717, 1.165) is 24.8 Å². The third-order valence-corrected chi connectivity index (χ3v) is 7.40. The molecular formula is C24H25FN4O4S. The molecule has 1 N–H and O–H groups in total. The summed E-state index contributed by atoms with van der Waals surface area (Å²) in [7, 11) is -3.53. The summed E-state index contributed by atoms with van der Waals surface area (Å²) >= 11 is 0. The molecule has 0 unspecified atom stereocenters. The third kappa shape index (κ3) is 5.75. The van der Waals surface area contributed by atoms with Crippen molar-refractivity contribution in [3.05, 3.63) is 72.0 Å². The fraction of sp³-hybridized carbons (Fsp3) is 0.292. The second kappa shape index (κ2) is 10.7. The molecule has 0 bridgehead atoms. The molecule has 0 atom stereocenters. The smallest absolute Gasteiger partial charge is 0.251 e. The number of piperidine rings is 1. The van der Waals surface area contributed by atoms with Gasteiger partial charge < -0.3 is 10.1 Å². The molecule has 3 aromatic rings. The predicted molar refractivity (Wildman–Crippen MR) is 124 cm³/mol. The van der Waals surface area contributed by atoms with E-state index in [2.05, 4.69) is 15.5 Å². The van der Waals surface area contributed by atoms with Crippen LogP contribution >= 0.6 is 0 Å². The van der Waals surface area contributed by atoms with E-state index in [1.165, 1.54) is 40.7 Å². The third-order valence-electron chi connectivity index (χ3n) is 5.49. The number of ether oxygens (including phenoxy) is 1. The Morgan fingerprint density at radius 2 is 1.65 bits per heavy atom. The van der Waals surface area contributed by atoms with Crippen molar-refractivity contribution in [3.8, 4) is 17.1 Å². The van der Waals surface area contributed by atoms with Crippen LogP contribution in [0.5, 0.6) is 5.88 Å². The van der Waals surface area contributed by atoms with Crippen LogP contribution in [0.15, 0.2) is 65.6 Å². The molecule has 1 amide bonds. The van der Waals surface area contributed by atoms with Gasteiger partial charge in [-0.3, -0.25) is 4.79 Å².